The number of aromatic nitrogens is 2. The van der Waals surface area contributed by atoms with Gasteiger partial charge in [0.05, 0.1) is 0 Å². The van der Waals surface area contributed by atoms with Crippen LogP contribution in [0.3, 0.4) is 0 Å². The number of aryl methyl sites for hydroxylation is 1. The zero-order chi connectivity index (χ0) is 16.2. The molecule has 0 aliphatic carbocycles. The van der Waals surface area contributed by atoms with Crippen LogP contribution in [0.5, 0.6) is 0 Å². The van der Waals surface area contributed by atoms with E-state index in [1.807, 2.05) is 31.2 Å². The molecule has 0 atom stereocenters. The third-order valence-corrected chi connectivity index (χ3v) is 3.26. The van der Waals surface area contributed by atoms with Crippen LogP contribution in [-0.4, -0.2) is 16.1 Å². The van der Waals surface area contributed by atoms with Crippen molar-refractivity contribution in [2.24, 2.45) is 0 Å². The molecule has 0 fully saturated rings. The number of benzene rings is 2. The van der Waals surface area contributed by atoms with Crippen molar-refractivity contribution in [1.82, 2.24) is 15.5 Å². The van der Waals surface area contributed by atoms with Crippen LogP contribution in [0.2, 0.25) is 0 Å². The van der Waals surface area contributed by atoms with Crippen molar-refractivity contribution in [3.8, 4) is 11.5 Å². The SMILES string of the molecule is Cc1ccc(CNC(=O)c2nnc(-c3cccc(F)c3)o2)cc1. The van der Waals surface area contributed by atoms with Crippen molar-refractivity contribution in [3.63, 3.8) is 0 Å². The number of hydrogen-bond acceptors (Lipinski definition) is 4. The molecule has 0 radical (unpaired) electrons. The Kier molecular flexibility index (Phi) is 4.14. The van der Waals surface area contributed by atoms with E-state index >= 15 is 0 Å². The Bertz CT molecular complexity index is 828. The highest BCUT2D eigenvalue weighted by Crippen LogP contribution is 2.18. The third kappa shape index (κ3) is 3.60. The van der Waals surface area contributed by atoms with E-state index < -0.39 is 11.7 Å². The molecule has 0 bridgehead atoms. The first kappa shape index (κ1) is 14.9. The molecule has 5 nitrogen and oxygen atoms in total. The highest BCUT2D eigenvalue weighted by atomic mass is 19.1. The molecule has 0 spiro atoms. The number of carbonyl (C=O) groups excluding carboxylic acids is 1. The number of nitrogens with one attached hydrogen (secondary N) is 1. The lowest BCUT2D eigenvalue weighted by atomic mass is 10.1. The number of carbonyl (C=O) groups is 1. The van der Waals surface area contributed by atoms with Gasteiger partial charge in [-0.05, 0) is 30.7 Å². The monoisotopic (exact) mass is 311 g/mol. The van der Waals surface area contributed by atoms with Crippen LogP contribution in [-0.2, 0) is 6.54 Å². The first-order chi connectivity index (χ1) is 11.1. The predicted octanol–water partition coefficient (Wildman–Crippen LogP) is 3.11. The molecule has 1 N–H and O–H groups in total. The molecule has 2 aromatic carbocycles. The minimum Gasteiger partial charge on any atom is -0.412 e. The molecule has 23 heavy (non-hydrogen) atoms. The Balaban J connectivity index is 1.67. The molecule has 1 amide bonds. The van der Waals surface area contributed by atoms with Gasteiger partial charge in [-0.15, -0.1) is 10.2 Å². The van der Waals surface area contributed by atoms with E-state index in [-0.39, 0.29) is 11.8 Å². The van der Waals surface area contributed by atoms with Gasteiger partial charge in [-0.1, -0.05) is 35.9 Å². The molecule has 0 aliphatic rings. The number of amides is 1. The summed E-state index contributed by atoms with van der Waals surface area (Å²) in [5.41, 5.74) is 2.54. The van der Waals surface area contributed by atoms with Crippen LogP contribution in [0.15, 0.2) is 52.9 Å². The van der Waals surface area contributed by atoms with Gasteiger partial charge in [-0.25, -0.2) is 4.39 Å². The minimum absolute atomic E-state index is 0.102. The Labute approximate surface area is 132 Å². The van der Waals surface area contributed by atoms with Crippen LogP contribution in [0.4, 0.5) is 4.39 Å². The van der Waals surface area contributed by atoms with Crippen LogP contribution in [0.25, 0.3) is 11.5 Å². The highest BCUT2D eigenvalue weighted by molar-refractivity contribution is 5.89. The van der Waals surface area contributed by atoms with Gasteiger partial charge in [0.25, 0.3) is 0 Å². The molecule has 0 aliphatic heterocycles. The summed E-state index contributed by atoms with van der Waals surface area (Å²) in [6, 6.07) is 13.5. The van der Waals surface area contributed by atoms with Crippen molar-refractivity contribution < 1.29 is 13.6 Å². The molecule has 0 unspecified atom stereocenters. The highest BCUT2D eigenvalue weighted by Gasteiger charge is 2.15. The van der Waals surface area contributed by atoms with Crippen molar-refractivity contribution in [2.45, 2.75) is 13.5 Å². The van der Waals surface area contributed by atoms with E-state index in [0.717, 1.165) is 11.1 Å². The van der Waals surface area contributed by atoms with Gasteiger partial charge in [-0.3, -0.25) is 4.79 Å². The summed E-state index contributed by atoms with van der Waals surface area (Å²) < 4.78 is 18.5. The van der Waals surface area contributed by atoms with E-state index in [1.54, 1.807) is 6.07 Å². The van der Waals surface area contributed by atoms with Crippen molar-refractivity contribution in [3.05, 3.63) is 71.4 Å². The maximum absolute atomic E-state index is 13.2. The Morgan fingerprint density at radius 1 is 1.17 bits per heavy atom. The van der Waals surface area contributed by atoms with Crippen LogP contribution >= 0.6 is 0 Å². The topological polar surface area (TPSA) is 68.0 Å². The standard InChI is InChI=1S/C17H14FN3O2/c1-11-5-7-12(8-6-11)10-19-15(22)17-21-20-16(23-17)13-3-2-4-14(18)9-13/h2-9H,10H2,1H3,(H,19,22). The predicted molar refractivity (Wildman–Crippen MR) is 82.0 cm³/mol. The van der Waals surface area contributed by atoms with Crippen molar-refractivity contribution >= 4 is 5.91 Å². The van der Waals surface area contributed by atoms with Crippen molar-refractivity contribution in [2.75, 3.05) is 0 Å². The van der Waals surface area contributed by atoms with Gasteiger partial charge in [-0.2, -0.15) is 0 Å². The van der Waals surface area contributed by atoms with E-state index in [9.17, 15) is 9.18 Å². The summed E-state index contributed by atoms with van der Waals surface area (Å²) in [4.78, 5) is 12.0. The normalized spacial score (nSPS) is 10.5. The zero-order valence-corrected chi connectivity index (χ0v) is 12.4. The third-order valence-electron chi connectivity index (χ3n) is 3.26. The smallest absolute Gasteiger partial charge is 0.309 e. The fourth-order valence-corrected chi connectivity index (χ4v) is 2.02. The maximum Gasteiger partial charge on any atom is 0.309 e. The second-order valence-corrected chi connectivity index (χ2v) is 5.09. The number of nitrogens with zero attached hydrogens (tertiary/aromatic N) is 2. The van der Waals surface area contributed by atoms with E-state index in [1.165, 1.54) is 18.2 Å². The van der Waals surface area contributed by atoms with Gasteiger partial charge < -0.3 is 9.73 Å². The fourth-order valence-electron chi connectivity index (χ4n) is 2.02. The lowest BCUT2D eigenvalue weighted by Crippen LogP contribution is -2.23. The quantitative estimate of drug-likeness (QED) is 0.804. The second-order valence-electron chi connectivity index (χ2n) is 5.09. The Morgan fingerprint density at radius 3 is 2.70 bits per heavy atom. The van der Waals surface area contributed by atoms with Gasteiger partial charge in [0.2, 0.25) is 5.89 Å². The first-order valence-corrected chi connectivity index (χ1v) is 7.05. The van der Waals surface area contributed by atoms with Gasteiger partial charge in [0.15, 0.2) is 0 Å². The fraction of sp³-hybridized carbons (Fsp3) is 0.118. The maximum atomic E-state index is 13.2. The summed E-state index contributed by atoms with van der Waals surface area (Å²) in [6.07, 6.45) is 0. The van der Waals surface area contributed by atoms with Crippen LogP contribution < -0.4 is 5.32 Å². The summed E-state index contributed by atoms with van der Waals surface area (Å²) >= 11 is 0. The molecule has 1 heterocycles. The largest absolute Gasteiger partial charge is 0.412 e. The van der Waals surface area contributed by atoms with E-state index in [2.05, 4.69) is 15.5 Å². The first-order valence-electron chi connectivity index (χ1n) is 7.05. The molecule has 6 heteroatoms. The molecule has 116 valence electrons. The van der Waals surface area contributed by atoms with Crippen LogP contribution in [0, 0.1) is 12.7 Å². The number of hydrogen-bond donors (Lipinski definition) is 1. The summed E-state index contributed by atoms with van der Waals surface area (Å²) in [5.74, 6) is -0.937. The lowest BCUT2D eigenvalue weighted by molar-refractivity contribution is 0.0917. The average molecular weight is 311 g/mol. The average Bonchev–Trinajstić information content (AvgIpc) is 3.04. The molecule has 0 saturated heterocycles. The second kappa shape index (κ2) is 6.39. The van der Waals surface area contributed by atoms with Gasteiger partial charge in [0, 0.05) is 12.1 Å². The van der Waals surface area contributed by atoms with Crippen LogP contribution in [0.1, 0.15) is 21.8 Å². The van der Waals surface area contributed by atoms with E-state index in [0.29, 0.717) is 12.1 Å². The number of halogens is 1. The summed E-state index contributed by atoms with van der Waals surface area (Å²) in [6.45, 7) is 2.35. The minimum atomic E-state index is -0.472. The van der Waals surface area contributed by atoms with Crippen molar-refractivity contribution in [1.29, 1.82) is 0 Å². The Morgan fingerprint density at radius 2 is 1.96 bits per heavy atom. The Hall–Kier alpha value is -3.02. The summed E-state index contributed by atoms with van der Waals surface area (Å²) in [7, 11) is 0. The molecule has 3 rings (SSSR count). The van der Waals surface area contributed by atoms with Gasteiger partial charge >= 0.3 is 11.8 Å². The van der Waals surface area contributed by atoms with E-state index in [4.69, 9.17) is 4.42 Å². The molecular weight excluding hydrogens is 297 g/mol. The molecular formula is C17H14FN3O2. The zero-order valence-electron chi connectivity index (χ0n) is 12.4. The molecule has 0 saturated carbocycles. The molecule has 1 aromatic heterocycles. The number of rotatable bonds is 4. The molecule has 3 aromatic rings. The van der Waals surface area contributed by atoms with Gasteiger partial charge in [0.1, 0.15) is 5.82 Å². The lowest BCUT2D eigenvalue weighted by Gasteiger charge is -2.02. The summed E-state index contributed by atoms with van der Waals surface area (Å²) in [5, 5.41) is 10.2.